The Morgan fingerprint density at radius 3 is 2.64 bits per heavy atom. The van der Waals surface area contributed by atoms with Gasteiger partial charge in [-0.2, -0.15) is 5.26 Å². The molecule has 0 fully saturated rings. The molecule has 3 N–H and O–H groups in total. The maximum absolute atomic E-state index is 14.6. The summed E-state index contributed by atoms with van der Waals surface area (Å²) in [5.41, 5.74) is 7.26. The van der Waals surface area contributed by atoms with Gasteiger partial charge in [-0.25, -0.2) is 4.39 Å². The van der Waals surface area contributed by atoms with E-state index in [9.17, 15) is 24.3 Å². The smallest absolute Gasteiger partial charge is 0.259 e. The van der Waals surface area contributed by atoms with Gasteiger partial charge in [0.25, 0.3) is 5.91 Å². The van der Waals surface area contributed by atoms with Gasteiger partial charge in [0.1, 0.15) is 17.6 Å². The van der Waals surface area contributed by atoms with Crippen molar-refractivity contribution in [1.82, 2.24) is 4.90 Å². The van der Waals surface area contributed by atoms with Crippen molar-refractivity contribution in [2.75, 3.05) is 0 Å². The molecule has 0 radical (unpaired) electrons. The molecule has 33 heavy (non-hydrogen) atoms. The monoisotopic (exact) mass is 463 g/mol. The van der Waals surface area contributed by atoms with Crippen LogP contribution in [-0.2, 0) is 11.2 Å². The molecule has 4 rings (SSSR count). The third-order valence-electron chi connectivity index (χ3n) is 5.81. The molecular weight excluding hydrogens is 445 g/mol. The van der Waals surface area contributed by atoms with Crippen LogP contribution >= 0.6 is 11.6 Å². The fourth-order valence-corrected chi connectivity index (χ4v) is 4.60. The number of amides is 2. The van der Waals surface area contributed by atoms with Crippen molar-refractivity contribution in [3.63, 3.8) is 0 Å². The van der Waals surface area contributed by atoms with Gasteiger partial charge in [0.05, 0.1) is 23.2 Å². The van der Waals surface area contributed by atoms with Crippen LogP contribution in [0, 0.1) is 17.1 Å². The first-order valence-corrected chi connectivity index (χ1v) is 10.6. The van der Waals surface area contributed by atoms with Crippen LogP contribution in [0.1, 0.15) is 51.1 Å². The van der Waals surface area contributed by atoms with E-state index >= 15 is 0 Å². The number of carbonyl (C=O) groups excluding carboxylic acids is 2. The maximum atomic E-state index is 14.6. The first-order chi connectivity index (χ1) is 15.8. The topological polar surface area (TPSA) is 107 Å². The number of hydrogen-bond donors (Lipinski definition) is 2. The van der Waals surface area contributed by atoms with Gasteiger partial charge in [-0.1, -0.05) is 35.9 Å². The van der Waals surface area contributed by atoms with Crippen molar-refractivity contribution in [3.05, 3.63) is 99.3 Å². The lowest BCUT2D eigenvalue weighted by molar-refractivity contribution is -0.123. The van der Waals surface area contributed by atoms with E-state index in [1.165, 1.54) is 29.2 Å². The van der Waals surface area contributed by atoms with E-state index in [1.807, 2.05) is 6.07 Å². The predicted octanol–water partition coefficient (Wildman–Crippen LogP) is 4.41. The minimum atomic E-state index is -1.27. The van der Waals surface area contributed by atoms with Gasteiger partial charge in [0.15, 0.2) is 0 Å². The maximum Gasteiger partial charge on any atom is 0.259 e. The Bertz CT molecular complexity index is 1300. The number of nitrogens with zero attached hydrogens (tertiary/aromatic N) is 2. The van der Waals surface area contributed by atoms with Gasteiger partial charge in [-0.15, -0.1) is 0 Å². The Balaban J connectivity index is 1.92. The van der Waals surface area contributed by atoms with Crippen LogP contribution in [0.4, 0.5) is 4.39 Å². The average Bonchev–Trinajstić information content (AvgIpc) is 3.20. The summed E-state index contributed by atoms with van der Waals surface area (Å²) >= 11 is 6.11. The number of nitrogens with two attached hydrogens (primary N) is 1. The Labute approximate surface area is 194 Å². The number of phenolic OH excluding ortho intramolecular Hbond substituents is 1. The highest BCUT2D eigenvalue weighted by atomic mass is 35.5. The van der Waals surface area contributed by atoms with E-state index in [1.54, 1.807) is 36.4 Å². The average molecular weight is 464 g/mol. The molecule has 0 saturated carbocycles. The number of hydrogen-bond acceptors (Lipinski definition) is 4. The third-order valence-corrected chi connectivity index (χ3v) is 6.02. The first kappa shape index (κ1) is 22.3. The van der Waals surface area contributed by atoms with Gasteiger partial charge >= 0.3 is 0 Å². The number of carbonyl (C=O) groups is 2. The summed E-state index contributed by atoms with van der Waals surface area (Å²) in [6.07, 6.45) is 0.658. The van der Waals surface area contributed by atoms with Crippen molar-refractivity contribution in [1.29, 1.82) is 5.26 Å². The van der Waals surface area contributed by atoms with Crippen LogP contribution in [0.2, 0.25) is 5.02 Å². The van der Waals surface area contributed by atoms with Crippen LogP contribution in [0.25, 0.3) is 0 Å². The Morgan fingerprint density at radius 2 is 1.94 bits per heavy atom. The normalized spacial score (nSPS) is 15.4. The van der Waals surface area contributed by atoms with E-state index in [4.69, 9.17) is 17.3 Å². The lowest BCUT2D eigenvalue weighted by Crippen LogP contribution is -2.43. The zero-order valence-electron chi connectivity index (χ0n) is 17.3. The van der Waals surface area contributed by atoms with Crippen LogP contribution in [0.15, 0.2) is 60.7 Å². The molecule has 0 aromatic heterocycles. The first-order valence-electron chi connectivity index (χ1n) is 10.2. The van der Waals surface area contributed by atoms with Gasteiger partial charge in [0, 0.05) is 5.02 Å². The number of benzene rings is 3. The molecule has 6 nitrogen and oxygen atoms in total. The number of halogens is 2. The number of primary amides is 1. The second kappa shape index (κ2) is 8.93. The molecule has 0 aliphatic heterocycles. The predicted molar refractivity (Wildman–Crippen MR) is 120 cm³/mol. The molecule has 1 aliphatic carbocycles. The zero-order valence-corrected chi connectivity index (χ0v) is 18.1. The molecule has 3 aromatic rings. The fourth-order valence-electron chi connectivity index (χ4n) is 4.38. The Hall–Kier alpha value is -3.89. The highest BCUT2D eigenvalue weighted by Gasteiger charge is 2.41. The van der Waals surface area contributed by atoms with Crippen LogP contribution in [0.3, 0.4) is 0 Å². The molecule has 1 aliphatic rings. The van der Waals surface area contributed by atoms with Crippen molar-refractivity contribution >= 4 is 23.4 Å². The highest BCUT2D eigenvalue weighted by molar-refractivity contribution is 6.30. The number of phenols is 1. The Kier molecular flexibility index (Phi) is 6.03. The van der Waals surface area contributed by atoms with E-state index in [-0.39, 0.29) is 21.9 Å². The molecule has 0 spiro atoms. The molecule has 0 bridgehead atoms. The lowest BCUT2D eigenvalue weighted by Gasteiger charge is -2.36. The van der Waals surface area contributed by atoms with E-state index in [0.29, 0.717) is 29.5 Å². The third kappa shape index (κ3) is 4.13. The molecule has 2 atom stereocenters. The minimum Gasteiger partial charge on any atom is -0.507 e. The van der Waals surface area contributed by atoms with Gasteiger partial charge < -0.3 is 15.7 Å². The summed E-state index contributed by atoms with van der Waals surface area (Å²) in [4.78, 5) is 27.8. The molecule has 0 saturated heterocycles. The fraction of sp³-hybridized carbons (Fsp3) is 0.160. The number of aromatic hydroxyl groups is 1. The van der Waals surface area contributed by atoms with Crippen molar-refractivity contribution in [2.45, 2.75) is 24.9 Å². The standard InChI is InChI=1S/C25H19ClFN3O3/c26-16-11-19-17(20(27)12-16)8-9-21(19)30(25(33)18-6-1-2-7-22(18)31)23(24(29)32)15-5-3-4-14(10-15)13-28/h1-7,10-12,21,23,31H,8-9H2,(H2,29,32)/t21-,23-/m1/s1. The molecule has 0 heterocycles. The highest BCUT2D eigenvalue weighted by Crippen LogP contribution is 2.43. The zero-order chi connectivity index (χ0) is 23.7. The number of fused-ring (bicyclic) bond motifs is 1. The van der Waals surface area contributed by atoms with E-state index < -0.39 is 29.7 Å². The molecule has 8 heteroatoms. The quantitative estimate of drug-likeness (QED) is 0.584. The summed E-state index contributed by atoms with van der Waals surface area (Å²) in [6, 6.07) is 15.0. The van der Waals surface area contributed by atoms with Crippen LogP contribution < -0.4 is 5.73 Å². The van der Waals surface area contributed by atoms with E-state index in [0.717, 1.165) is 0 Å². The second-order valence-electron chi connectivity index (χ2n) is 7.78. The second-order valence-corrected chi connectivity index (χ2v) is 8.22. The minimum absolute atomic E-state index is 0.0314. The largest absolute Gasteiger partial charge is 0.507 e. The summed E-state index contributed by atoms with van der Waals surface area (Å²) < 4.78 is 14.6. The van der Waals surface area contributed by atoms with Crippen LogP contribution in [0.5, 0.6) is 5.75 Å². The Morgan fingerprint density at radius 1 is 1.18 bits per heavy atom. The van der Waals surface area contributed by atoms with Gasteiger partial charge in [0.2, 0.25) is 5.91 Å². The summed E-state index contributed by atoms with van der Waals surface area (Å²) in [5, 5.41) is 19.8. The number of rotatable bonds is 5. The summed E-state index contributed by atoms with van der Waals surface area (Å²) in [6.45, 7) is 0. The van der Waals surface area contributed by atoms with Crippen molar-refractivity contribution in [3.8, 4) is 11.8 Å². The molecule has 2 amide bonds. The van der Waals surface area contributed by atoms with Gasteiger partial charge in [-0.05, 0) is 65.9 Å². The van der Waals surface area contributed by atoms with E-state index in [2.05, 4.69) is 0 Å². The number of nitriles is 1. The van der Waals surface area contributed by atoms with Crippen molar-refractivity contribution < 1.29 is 19.1 Å². The molecule has 3 aromatic carbocycles. The number of para-hydroxylation sites is 1. The lowest BCUT2D eigenvalue weighted by atomic mass is 9.96. The van der Waals surface area contributed by atoms with Crippen LogP contribution in [-0.4, -0.2) is 21.8 Å². The molecule has 166 valence electrons. The SMILES string of the molecule is N#Cc1cccc([C@H](C(N)=O)N(C(=O)c2ccccc2O)[C@@H]2CCc3c(F)cc(Cl)cc32)c1. The molecular formula is C25H19ClFN3O3. The van der Waals surface area contributed by atoms with Crippen molar-refractivity contribution in [2.24, 2.45) is 5.73 Å². The molecule has 0 unspecified atom stereocenters. The van der Waals surface area contributed by atoms with Gasteiger partial charge in [-0.3, -0.25) is 9.59 Å². The summed E-state index contributed by atoms with van der Waals surface area (Å²) in [5.74, 6) is -2.24. The summed E-state index contributed by atoms with van der Waals surface area (Å²) in [7, 11) is 0.